The van der Waals surface area contributed by atoms with Crippen molar-refractivity contribution < 1.29 is 13.0 Å². The minimum absolute atomic E-state index is 0.623. The molecule has 2 aromatic carbocycles. The van der Waals surface area contributed by atoms with E-state index in [0.29, 0.717) is 5.69 Å². The van der Waals surface area contributed by atoms with Gasteiger partial charge in [-0.25, -0.2) is 4.21 Å². The molecule has 78 valence electrons. The van der Waals surface area contributed by atoms with Crippen LogP contribution in [0.4, 0.5) is 5.69 Å². The van der Waals surface area contributed by atoms with Gasteiger partial charge in [0.05, 0.1) is 5.69 Å². The minimum atomic E-state index is -2.57. The number of fused-ring (bicyclic) bond motifs is 1. The van der Waals surface area contributed by atoms with E-state index in [2.05, 4.69) is 9.76 Å². The molecular weight excluding hydrogens is 214 g/mol. The molecule has 4 nitrogen and oxygen atoms in total. The molecule has 0 radical (unpaired) electrons. The Bertz CT molecular complexity index is 495. The van der Waals surface area contributed by atoms with Gasteiger partial charge in [-0.05, 0) is 11.5 Å². The molecule has 0 bridgehead atoms. The molecule has 0 saturated heterocycles. The van der Waals surface area contributed by atoms with Crippen molar-refractivity contribution in [1.82, 2.24) is 0 Å². The van der Waals surface area contributed by atoms with E-state index in [4.69, 9.17) is 0 Å². The Balaban J connectivity index is 2.38. The predicted octanol–water partition coefficient (Wildman–Crippen LogP) is 1.98. The number of nitrogens with one attached hydrogen (secondary N) is 1. The number of anilines is 1. The summed E-state index contributed by atoms with van der Waals surface area (Å²) in [6, 6.07) is 13.1. The first-order chi connectivity index (χ1) is 7.27. The van der Waals surface area contributed by atoms with E-state index < -0.39 is 11.4 Å². The van der Waals surface area contributed by atoms with E-state index in [0.717, 1.165) is 10.8 Å². The lowest BCUT2D eigenvalue weighted by molar-refractivity contribution is 0.363. The second kappa shape index (κ2) is 4.39. The average molecular weight is 222 g/mol. The highest BCUT2D eigenvalue weighted by Crippen LogP contribution is 2.22. The maximum absolute atomic E-state index is 10.2. The van der Waals surface area contributed by atoms with Crippen molar-refractivity contribution in [2.45, 2.75) is 0 Å². The standard InChI is InChI=1S/C10H9NO3S/c12-15(13)14-11-10-7-3-5-8-4-1-2-6-9(8)10/h1-7,11H,(H,12,13)/p-1. The van der Waals surface area contributed by atoms with E-state index >= 15 is 0 Å². The Kier molecular flexibility index (Phi) is 2.96. The summed E-state index contributed by atoms with van der Waals surface area (Å²) in [5.74, 6) is 0. The van der Waals surface area contributed by atoms with Gasteiger partial charge in [-0.1, -0.05) is 36.4 Å². The Morgan fingerprint density at radius 3 is 2.67 bits per heavy atom. The second-order valence-corrected chi connectivity index (χ2v) is 3.49. The van der Waals surface area contributed by atoms with Gasteiger partial charge < -0.3 is 4.55 Å². The number of hydrogen-bond donors (Lipinski definition) is 1. The SMILES string of the molecule is O=S([O-])ONc1cccc2ccccc12. The fourth-order valence-corrected chi connectivity index (χ4v) is 1.55. The van der Waals surface area contributed by atoms with Gasteiger partial charge in [-0.15, -0.1) is 0 Å². The normalized spacial score (nSPS) is 12.6. The summed E-state index contributed by atoms with van der Waals surface area (Å²) in [7, 11) is 0. The van der Waals surface area contributed by atoms with Crippen molar-refractivity contribution in [3.05, 3.63) is 42.5 Å². The van der Waals surface area contributed by atoms with Crippen molar-refractivity contribution in [1.29, 1.82) is 0 Å². The zero-order valence-corrected chi connectivity index (χ0v) is 8.49. The third-order valence-corrected chi connectivity index (χ3v) is 2.23. The van der Waals surface area contributed by atoms with E-state index in [1.807, 2.05) is 36.4 Å². The van der Waals surface area contributed by atoms with Gasteiger partial charge in [0.2, 0.25) is 0 Å². The zero-order valence-electron chi connectivity index (χ0n) is 7.67. The first-order valence-electron chi connectivity index (χ1n) is 4.28. The van der Waals surface area contributed by atoms with E-state index in [1.54, 1.807) is 6.07 Å². The lowest BCUT2D eigenvalue weighted by Gasteiger charge is -2.10. The van der Waals surface area contributed by atoms with Gasteiger partial charge in [0.1, 0.15) is 11.4 Å². The summed E-state index contributed by atoms with van der Waals surface area (Å²) in [4.78, 5) is 0. The number of benzene rings is 2. The third-order valence-electron chi connectivity index (χ3n) is 2.01. The van der Waals surface area contributed by atoms with Gasteiger partial charge in [0.25, 0.3) is 0 Å². The molecule has 0 aliphatic heterocycles. The van der Waals surface area contributed by atoms with Crippen LogP contribution in [0.1, 0.15) is 0 Å². The molecule has 2 aromatic rings. The molecule has 0 spiro atoms. The molecular formula is C10H8NO3S-. The molecule has 1 N–H and O–H groups in total. The fourth-order valence-electron chi connectivity index (χ4n) is 1.39. The van der Waals surface area contributed by atoms with Crippen LogP contribution in [-0.4, -0.2) is 8.76 Å². The lowest BCUT2D eigenvalue weighted by Crippen LogP contribution is -2.03. The Morgan fingerprint density at radius 1 is 1.13 bits per heavy atom. The van der Waals surface area contributed by atoms with Crippen LogP contribution in [0.25, 0.3) is 10.8 Å². The van der Waals surface area contributed by atoms with Crippen molar-refractivity contribution in [3.8, 4) is 0 Å². The largest absolute Gasteiger partial charge is 0.748 e. The summed E-state index contributed by atoms with van der Waals surface area (Å²) in [6.07, 6.45) is 0. The minimum Gasteiger partial charge on any atom is -0.748 e. The molecule has 0 fully saturated rings. The van der Waals surface area contributed by atoms with E-state index in [9.17, 15) is 8.76 Å². The van der Waals surface area contributed by atoms with Crippen LogP contribution in [0.15, 0.2) is 42.5 Å². The van der Waals surface area contributed by atoms with Crippen LogP contribution in [0.5, 0.6) is 0 Å². The van der Waals surface area contributed by atoms with Gasteiger partial charge >= 0.3 is 0 Å². The van der Waals surface area contributed by atoms with E-state index in [-0.39, 0.29) is 0 Å². The summed E-state index contributed by atoms with van der Waals surface area (Å²) in [5, 5.41) is 1.92. The predicted molar refractivity (Wildman–Crippen MR) is 57.6 cm³/mol. The molecule has 0 aliphatic rings. The molecule has 0 saturated carbocycles. The zero-order chi connectivity index (χ0) is 10.7. The Hall–Kier alpha value is -1.43. The lowest BCUT2D eigenvalue weighted by atomic mass is 10.1. The van der Waals surface area contributed by atoms with Gasteiger partial charge in [-0.2, -0.15) is 4.28 Å². The van der Waals surface area contributed by atoms with Gasteiger partial charge in [-0.3, -0.25) is 5.48 Å². The first-order valence-corrected chi connectivity index (χ1v) is 5.28. The molecule has 1 atom stereocenters. The summed E-state index contributed by atoms with van der Waals surface area (Å²) in [6.45, 7) is 0. The highest BCUT2D eigenvalue weighted by molar-refractivity contribution is 7.74. The highest BCUT2D eigenvalue weighted by Gasteiger charge is 1.98. The van der Waals surface area contributed by atoms with E-state index in [1.165, 1.54) is 0 Å². The first kappa shape index (κ1) is 10.1. The maximum atomic E-state index is 10.2. The summed E-state index contributed by atoms with van der Waals surface area (Å²) < 4.78 is 24.8. The van der Waals surface area contributed by atoms with Crippen LogP contribution < -0.4 is 5.48 Å². The molecule has 1 unspecified atom stereocenters. The van der Waals surface area contributed by atoms with Crippen molar-refractivity contribution in [2.24, 2.45) is 0 Å². The van der Waals surface area contributed by atoms with Crippen molar-refractivity contribution in [2.75, 3.05) is 5.48 Å². The van der Waals surface area contributed by atoms with Crippen LogP contribution in [0, 0.1) is 0 Å². The number of rotatable bonds is 3. The van der Waals surface area contributed by atoms with Crippen LogP contribution in [0.3, 0.4) is 0 Å². The van der Waals surface area contributed by atoms with Crippen LogP contribution in [0.2, 0.25) is 0 Å². The van der Waals surface area contributed by atoms with Crippen molar-refractivity contribution in [3.63, 3.8) is 0 Å². The average Bonchev–Trinajstić information content (AvgIpc) is 2.26. The monoisotopic (exact) mass is 222 g/mol. The maximum Gasteiger partial charge on any atom is 0.112 e. The Morgan fingerprint density at radius 2 is 1.87 bits per heavy atom. The van der Waals surface area contributed by atoms with Crippen LogP contribution >= 0.6 is 0 Å². The van der Waals surface area contributed by atoms with Crippen LogP contribution in [-0.2, 0) is 15.6 Å². The summed E-state index contributed by atoms with van der Waals surface area (Å²) in [5.41, 5.74) is 3.00. The molecule has 2 rings (SSSR count). The smallest absolute Gasteiger partial charge is 0.112 e. The second-order valence-electron chi connectivity index (χ2n) is 2.92. The van der Waals surface area contributed by atoms with Gasteiger partial charge in [0.15, 0.2) is 0 Å². The molecule has 0 aliphatic carbocycles. The Labute approximate surface area is 89.3 Å². The van der Waals surface area contributed by atoms with Gasteiger partial charge in [0, 0.05) is 5.39 Å². The molecule has 0 aromatic heterocycles. The molecule has 5 heteroatoms. The molecule has 0 heterocycles. The molecule has 0 amide bonds. The van der Waals surface area contributed by atoms with Crippen molar-refractivity contribution >= 4 is 27.8 Å². The number of hydrogen-bond acceptors (Lipinski definition) is 4. The quantitative estimate of drug-likeness (QED) is 0.637. The highest BCUT2D eigenvalue weighted by atomic mass is 32.2. The molecule has 15 heavy (non-hydrogen) atoms. The topological polar surface area (TPSA) is 61.4 Å². The summed E-state index contributed by atoms with van der Waals surface area (Å²) >= 11 is -2.57. The fraction of sp³-hybridized carbons (Fsp3) is 0. The third kappa shape index (κ3) is 2.33.